The SMILES string of the molecule is Cl.FC(F)(F)Sc1ccc([C@H]2CCCCN2)cc1. The highest BCUT2D eigenvalue weighted by molar-refractivity contribution is 8.00. The summed E-state index contributed by atoms with van der Waals surface area (Å²) in [6, 6.07) is 6.97. The van der Waals surface area contributed by atoms with E-state index < -0.39 is 5.51 Å². The third kappa shape index (κ3) is 4.71. The lowest BCUT2D eigenvalue weighted by Crippen LogP contribution is -2.26. The van der Waals surface area contributed by atoms with E-state index in [0.29, 0.717) is 6.04 Å². The number of alkyl halides is 3. The molecular formula is C12H15ClF3NS. The van der Waals surface area contributed by atoms with E-state index in [1.165, 1.54) is 12.8 Å². The van der Waals surface area contributed by atoms with Crippen LogP contribution in [0, 0.1) is 0 Å². The van der Waals surface area contributed by atoms with Crippen LogP contribution in [0.2, 0.25) is 0 Å². The van der Waals surface area contributed by atoms with Gasteiger partial charge in [-0.15, -0.1) is 12.4 Å². The minimum absolute atomic E-state index is 0. The topological polar surface area (TPSA) is 12.0 Å². The van der Waals surface area contributed by atoms with Gasteiger partial charge in [-0.05, 0) is 48.8 Å². The largest absolute Gasteiger partial charge is 0.446 e. The van der Waals surface area contributed by atoms with Crippen molar-refractivity contribution in [3.05, 3.63) is 29.8 Å². The normalized spacial score (nSPS) is 20.3. The predicted octanol–water partition coefficient (Wildman–Crippen LogP) is 4.53. The summed E-state index contributed by atoms with van der Waals surface area (Å²) in [5, 5.41) is 3.37. The zero-order valence-corrected chi connectivity index (χ0v) is 11.3. The van der Waals surface area contributed by atoms with Gasteiger partial charge < -0.3 is 5.32 Å². The van der Waals surface area contributed by atoms with E-state index in [9.17, 15) is 13.2 Å². The first-order chi connectivity index (χ1) is 8.04. The molecule has 0 unspecified atom stereocenters. The lowest BCUT2D eigenvalue weighted by molar-refractivity contribution is -0.0328. The smallest absolute Gasteiger partial charge is 0.310 e. The van der Waals surface area contributed by atoms with Crippen LogP contribution < -0.4 is 5.32 Å². The highest BCUT2D eigenvalue weighted by Crippen LogP contribution is 2.37. The van der Waals surface area contributed by atoms with E-state index in [4.69, 9.17) is 0 Å². The van der Waals surface area contributed by atoms with E-state index >= 15 is 0 Å². The first-order valence-electron chi connectivity index (χ1n) is 5.64. The molecule has 1 aliphatic heterocycles. The molecule has 1 N–H and O–H groups in total. The molecule has 2 rings (SSSR count). The van der Waals surface area contributed by atoms with Crippen molar-refractivity contribution in [2.24, 2.45) is 0 Å². The van der Waals surface area contributed by atoms with Gasteiger partial charge in [-0.3, -0.25) is 0 Å². The van der Waals surface area contributed by atoms with Gasteiger partial charge in [-0.2, -0.15) is 13.2 Å². The van der Waals surface area contributed by atoms with Crippen LogP contribution >= 0.6 is 24.2 Å². The lowest BCUT2D eigenvalue weighted by Gasteiger charge is -2.23. The highest BCUT2D eigenvalue weighted by Gasteiger charge is 2.29. The quantitative estimate of drug-likeness (QED) is 0.805. The maximum atomic E-state index is 12.1. The number of benzene rings is 1. The summed E-state index contributed by atoms with van der Waals surface area (Å²) in [5.41, 5.74) is -3.12. The maximum Gasteiger partial charge on any atom is 0.446 e. The molecule has 1 fully saturated rings. The number of rotatable bonds is 2. The number of thioether (sulfide) groups is 1. The summed E-state index contributed by atoms with van der Waals surface area (Å²) in [4.78, 5) is 0.247. The first kappa shape index (κ1) is 15.7. The van der Waals surface area contributed by atoms with Crippen molar-refractivity contribution in [3.8, 4) is 0 Å². The summed E-state index contributed by atoms with van der Waals surface area (Å²) in [6.45, 7) is 0.990. The fraction of sp³-hybridized carbons (Fsp3) is 0.500. The van der Waals surface area contributed by atoms with Crippen molar-refractivity contribution in [2.75, 3.05) is 6.54 Å². The van der Waals surface area contributed by atoms with Gasteiger partial charge in [0.2, 0.25) is 0 Å². The third-order valence-corrected chi connectivity index (χ3v) is 3.57. The summed E-state index contributed by atoms with van der Waals surface area (Å²) >= 11 is -0.0643. The number of nitrogens with one attached hydrogen (secondary N) is 1. The molecular weight excluding hydrogens is 283 g/mol. The molecule has 1 heterocycles. The standard InChI is InChI=1S/C12H14F3NS.ClH/c13-12(14,15)17-10-6-4-9(5-7-10)11-3-1-2-8-16-11;/h4-7,11,16H,1-3,8H2;1H/t11-;/m1./s1. The molecule has 6 heteroatoms. The monoisotopic (exact) mass is 297 g/mol. The Labute approximate surface area is 115 Å². The van der Waals surface area contributed by atoms with Crippen molar-refractivity contribution >= 4 is 24.2 Å². The van der Waals surface area contributed by atoms with Crippen molar-refractivity contribution in [2.45, 2.75) is 35.7 Å². The lowest BCUT2D eigenvalue weighted by atomic mass is 9.98. The molecule has 0 saturated carbocycles. The van der Waals surface area contributed by atoms with Gasteiger partial charge in [0.1, 0.15) is 0 Å². The number of hydrogen-bond donors (Lipinski definition) is 1. The average Bonchev–Trinajstić information content (AvgIpc) is 2.29. The van der Waals surface area contributed by atoms with E-state index in [1.54, 1.807) is 24.3 Å². The maximum absolute atomic E-state index is 12.1. The van der Waals surface area contributed by atoms with Crippen molar-refractivity contribution in [3.63, 3.8) is 0 Å². The van der Waals surface area contributed by atoms with Crippen LogP contribution in [0.5, 0.6) is 0 Å². The Morgan fingerprint density at radius 3 is 2.28 bits per heavy atom. The molecule has 0 bridgehead atoms. The van der Waals surface area contributed by atoms with Gasteiger partial charge in [-0.1, -0.05) is 18.6 Å². The zero-order chi connectivity index (χ0) is 12.3. The summed E-state index contributed by atoms with van der Waals surface area (Å²) in [6.07, 6.45) is 3.42. The number of piperidine rings is 1. The van der Waals surface area contributed by atoms with Crippen LogP contribution in [-0.4, -0.2) is 12.1 Å². The Morgan fingerprint density at radius 2 is 1.78 bits per heavy atom. The minimum Gasteiger partial charge on any atom is -0.310 e. The van der Waals surface area contributed by atoms with Crippen LogP contribution in [0.4, 0.5) is 13.2 Å². The molecule has 1 aromatic rings. The minimum atomic E-state index is -4.20. The highest BCUT2D eigenvalue weighted by atomic mass is 35.5. The zero-order valence-electron chi connectivity index (χ0n) is 9.67. The van der Waals surface area contributed by atoms with Gasteiger partial charge in [0, 0.05) is 10.9 Å². The van der Waals surface area contributed by atoms with Crippen molar-refractivity contribution < 1.29 is 13.2 Å². The Balaban J connectivity index is 0.00000162. The molecule has 0 aliphatic carbocycles. The summed E-state index contributed by atoms with van der Waals surface area (Å²) < 4.78 is 36.4. The Morgan fingerprint density at radius 1 is 1.11 bits per heavy atom. The fourth-order valence-electron chi connectivity index (χ4n) is 2.04. The molecule has 102 valence electrons. The molecule has 1 aliphatic rings. The summed E-state index contributed by atoms with van der Waals surface area (Å²) in [7, 11) is 0. The third-order valence-electron chi connectivity index (χ3n) is 2.83. The average molecular weight is 298 g/mol. The van der Waals surface area contributed by atoms with Gasteiger partial charge in [0.25, 0.3) is 0 Å². The van der Waals surface area contributed by atoms with Crippen molar-refractivity contribution in [1.82, 2.24) is 5.32 Å². The molecule has 1 saturated heterocycles. The molecule has 0 amide bonds. The van der Waals surface area contributed by atoms with Gasteiger partial charge in [0.15, 0.2) is 0 Å². The van der Waals surface area contributed by atoms with E-state index in [-0.39, 0.29) is 29.1 Å². The van der Waals surface area contributed by atoms with Crippen molar-refractivity contribution in [1.29, 1.82) is 0 Å². The molecule has 1 atom stereocenters. The molecule has 1 aromatic carbocycles. The molecule has 0 spiro atoms. The molecule has 0 aromatic heterocycles. The Hall–Kier alpha value is -0.390. The van der Waals surface area contributed by atoms with Gasteiger partial charge in [-0.25, -0.2) is 0 Å². The number of halogens is 4. The van der Waals surface area contributed by atoms with Crippen LogP contribution in [0.1, 0.15) is 30.9 Å². The van der Waals surface area contributed by atoms with Crippen LogP contribution in [0.3, 0.4) is 0 Å². The molecule has 0 radical (unpaired) electrons. The van der Waals surface area contributed by atoms with E-state index in [2.05, 4.69) is 5.32 Å². The second kappa shape index (κ2) is 6.68. The molecule has 1 nitrogen and oxygen atoms in total. The van der Waals surface area contributed by atoms with Gasteiger partial charge >= 0.3 is 5.51 Å². The molecule has 18 heavy (non-hydrogen) atoms. The van der Waals surface area contributed by atoms with Crippen LogP contribution in [-0.2, 0) is 0 Å². The number of hydrogen-bond acceptors (Lipinski definition) is 2. The van der Waals surface area contributed by atoms with E-state index in [1.807, 2.05) is 0 Å². The first-order valence-corrected chi connectivity index (χ1v) is 6.45. The summed E-state index contributed by atoms with van der Waals surface area (Å²) in [5.74, 6) is 0. The Kier molecular flexibility index (Phi) is 5.82. The van der Waals surface area contributed by atoms with Crippen LogP contribution in [0.25, 0.3) is 0 Å². The van der Waals surface area contributed by atoms with E-state index in [0.717, 1.165) is 18.5 Å². The second-order valence-corrected chi connectivity index (χ2v) is 5.26. The van der Waals surface area contributed by atoms with Gasteiger partial charge in [0.05, 0.1) is 0 Å². The fourth-order valence-corrected chi connectivity index (χ4v) is 2.58. The Bertz CT molecular complexity index is 361. The van der Waals surface area contributed by atoms with Crippen LogP contribution in [0.15, 0.2) is 29.2 Å². The second-order valence-electron chi connectivity index (χ2n) is 4.12. The predicted molar refractivity (Wildman–Crippen MR) is 70.2 cm³/mol.